The second-order valence-electron chi connectivity index (χ2n) is 6.06. The summed E-state index contributed by atoms with van der Waals surface area (Å²) < 4.78 is 12.7. The summed E-state index contributed by atoms with van der Waals surface area (Å²) in [5, 5.41) is 12.1. The maximum absolute atomic E-state index is 5.45. The van der Waals surface area contributed by atoms with E-state index in [9.17, 15) is 0 Å². The van der Waals surface area contributed by atoms with Crippen molar-refractivity contribution in [2.24, 2.45) is 0 Å². The summed E-state index contributed by atoms with van der Waals surface area (Å²) in [6, 6.07) is 6.54. The van der Waals surface area contributed by atoms with Gasteiger partial charge >= 0.3 is 0 Å². The molecule has 0 N–H and O–H groups in total. The van der Waals surface area contributed by atoms with Gasteiger partial charge in [-0.05, 0) is 53.9 Å². The molecule has 2 aromatic rings. The molecule has 0 radical (unpaired) electrons. The van der Waals surface area contributed by atoms with Crippen molar-refractivity contribution < 1.29 is 9.47 Å². The molecule has 1 aromatic carbocycles. The van der Waals surface area contributed by atoms with Crippen molar-refractivity contribution in [1.29, 1.82) is 0 Å². The van der Waals surface area contributed by atoms with Gasteiger partial charge in [0, 0.05) is 12.6 Å². The van der Waals surface area contributed by atoms with E-state index in [1.807, 2.05) is 10.7 Å². The number of rotatable bonds is 7. The van der Waals surface area contributed by atoms with E-state index in [1.54, 1.807) is 14.2 Å². The van der Waals surface area contributed by atoms with Crippen LogP contribution in [0, 0.1) is 0 Å². The zero-order valence-corrected chi connectivity index (χ0v) is 14.6. The van der Waals surface area contributed by atoms with E-state index < -0.39 is 0 Å². The molecule has 3 rings (SSSR count). The fourth-order valence-corrected chi connectivity index (χ4v) is 3.36. The number of benzene rings is 1. The average Bonchev–Trinajstić information content (AvgIpc) is 3.25. The second-order valence-corrected chi connectivity index (χ2v) is 6.06. The van der Waals surface area contributed by atoms with Gasteiger partial charge in [-0.25, -0.2) is 4.68 Å². The monoisotopic (exact) mass is 331 g/mol. The first-order chi connectivity index (χ1) is 11.8. The predicted octanol–water partition coefficient (Wildman–Crippen LogP) is 2.44. The molecule has 7 nitrogen and oxygen atoms in total. The summed E-state index contributed by atoms with van der Waals surface area (Å²) in [6.07, 6.45) is 3.33. The van der Waals surface area contributed by atoms with Gasteiger partial charge in [-0.3, -0.25) is 4.90 Å². The van der Waals surface area contributed by atoms with Gasteiger partial charge < -0.3 is 9.47 Å². The van der Waals surface area contributed by atoms with Crippen LogP contribution in [-0.2, 0) is 13.1 Å². The lowest BCUT2D eigenvalue weighted by Crippen LogP contribution is -2.25. The van der Waals surface area contributed by atoms with Crippen molar-refractivity contribution in [2.75, 3.05) is 20.8 Å². The van der Waals surface area contributed by atoms with Gasteiger partial charge in [0.05, 0.1) is 20.8 Å². The summed E-state index contributed by atoms with van der Waals surface area (Å²) in [6.45, 7) is 4.81. The van der Waals surface area contributed by atoms with Crippen LogP contribution in [0.3, 0.4) is 0 Å². The van der Waals surface area contributed by atoms with Crippen LogP contribution in [0.2, 0.25) is 0 Å². The Morgan fingerprint density at radius 2 is 2.04 bits per heavy atom. The van der Waals surface area contributed by atoms with E-state index in [-0.39, 0.29) is 0 Å². The highest BCUT2D eigenvalue weighted by Gasteiger charge is 2.28. The van der Waals surface area contributed by atoms with Crippen molar-refractivity contribution in [3.8, 4) is 11.5 Å². The first-order valence-corrected chi connectivity index (χ1v) is 8.47. The molecule has 1 atom stereocenters. The molecule has 0 bridgehead atoms. The van der Waals surface area contributed by atoms with E-state index in [0.717, 1.165) is 49.8 Å². The van der Waals surface area contributed by atoms with Crippen LogP contribution in [0.4, 0.5) is 0 Å². The molecule has 1 saturated heterocycles. The Hall–Kier alpha value is -2.15. The third-order valence-electron chi connectivity index (χ3n) is 4.54. The lowest BCUT2D eigenvalue weighted by atomic mass is 10.0. The Bertz CT molecular complexity index is 673. The highest BCUT2D eigenvalue weighted by atomic mass is 16.5. The third kappa shape index (κ3) is 3.36. The minimum atomic E-state index is 0.358. The molecular formula is C17H25N5O2. The van der Waals surface area contributed by atoms with E-state index in [1.165, 1.54) is 12.0 Å². The normalized spacial score (nSPS) is 18.0. The van der Waals surface area contributed by atoms with Crippen LogP contribution in [0.1, 0.15) is 43.6 Å². The number of hydrogen-bond acceptors (Lipinski definition) is 6. The minimum Gasteiger partial charge on any atom is -0.493 e. The fraction of sp³-hybridized carbons (Fsp3) is 0.588. The van der Waals surface area contributed by atoms with Gasteiger partial charge in [0.25, 0.3) is 0 Å². The minimum absolute atomic E-state index is 0.358. The van der Waals surface area contributed by atoms with Crippen LogP contribution >= 0.6 is 0 Å². The number of nitrogens with zero attached hydrogens (tertiary/aromatic N) is 5. The molecule has 7 heteroatoms. The number of methoxy groups -OCH3 is 2. The second kappa shape index (κ2) is 7.61. The van der Waals surface area contributed by atoms with Crippen LogP contribution in [-0.4, -0.2) is 45.9 Å². The van der Waals surface area contributed by atoms with Crippen LogP contribution < -0.4 is 9.47 Å². The van der Waals surface area contributed by atoms with Crippen LogP contribution in [0.15, 0.2) is 18.2 Å². The third-order valence-corrected chi connectivity index (χ3v) is 4.54. The lowest BCUT2D eigenvalue weighted by Gasteiger charge is -2.25. The van der Waals surface area contributed by atoms with Gasteiger partial charge in [0.2, 0.25) is 0 Å². The molecule has 130 valence electrons. The van der Waals surface area contributed by atoms with E-state index in [0.29, 0.717) is 6.04 Å². The van der Waals surface area contributed by atoms with E-state index >= 15 is 0 Å². The highest BCUT2D eigenvalue weighted by molar-refractivity contribution is 5.44. The Labute approximate surface area is 142 Å². The maximum Gasteiger partial charge on any atom is 0.165 e. The summed E-state index contributed by atoms with van der Waals surface area (Å²) in [4.78, 5) is 2.44. The standard InChI is InChI=1S/C17H25N5O2/c1-4-9-22-17(18-19-20-22)12-21-10-5-6-14(21)13-7-8-15(23-2)16(11-13)24-3/h7-8,11,14H,4-6,9-10,12H2,1-3H3/t14-/m1/s1. The SMILES string of the molecule is CCCn1nnnc1CN1CCC[C@@H]1c1ccc(OC)c(OC)c1. The number of hydrogen-bond donors (Lipinski definition) is 0. The van der Waals surface area contributed by atoms with Crippen molar-refractivity contribution in [3.63, 3.8) is 0 Å². The molecule has 0 spiro atoms. The molecule has 0 saturated carbocycles. The number of likely N-dealkylation sites (tertiary alicyclic amines) is 1. The van der Waals surface area contributed by atoms with E-state index in [4.69, 9.17) is 9.47 Å². The molecule has 1 aliphatic heterocycles. The zero-order chi connectivity index (χ0) is 16.9. The number of ether oxygens (including phenoxy) is 2. The predicted molar refractivity (Wildman–Crippen MR) is 90.0 cm³/mol. The van der Waals surface area contributed by atoms with Crippen molar-refractivity contribution in [1.82, 2.24) is 25.1 Å². The smallest absolute Gasteiger partial charge is 0.165 e. The van der Waals surface area contributed by atoms with E-state index in [2.05, 4.69) is 39.5 Å². The molecule has 2 heterocycles. The Kier molecular flexibility index (Phi) is 5.30. The van der Waals surface area contributed by atoms with Gasteiger partial charge in [0.1, 0.15) is 0 Å². The van der Waals surface area contributed by atoms with Crippen molar-refractivity contribution in [3.05, 3.63) is 29.6 Å². The molecule has 0 amide bonds. The number of tetrazole rings is 1. The van der Waals surface area contributed by atoms with Crippen LogP contribution in [0.5, 0.6) is 11.5 Å². The molecule has 1 aliphatic rings. The Morgan fingerprint density at radius 3 is 2.79 bits per heavy atom. The molecule has 0 unspecified atom stereocenters. The average molecular weight is 331 g/mol. The maximum atomic E-state index is 5.45. The summed E-state index contributed by atoms with van der Waals surface area (Å²) in [5.74, 6) is 2.47. The summed E-state index contributed by atoms with van der Waals surface area (Å²) in [5.41, 5.74) is 1.25. The Balaban J connectivity index is 1.79. The quantitative estimate of drug-likeness (QED) is 0.776. The largest absolute Gasteiger partial charge is 0.493 e. The molecule has 1 aromatic heterocycles. The van der Waals surface area contributed by atoms with Gasteiger partial charge in [-0.15, -0.1) is 5.10 Å². The molecule has 0 aliphatic carbocycles. The van der Waals surface area contributed by atoms with Crippen molar-refractivity contribution in [2.45, 2.75) is 45.3 Å². The molecule has 1 fully saturated rings. The van der Waals surface area contributed by atoms with Crippen LogP contribution in [0.25, 0.3) is 0 Å². The summed E-state index contributed by atoms with van der Waals surface area (Å²) in [7, 11) is 3.33. The first kappa shape index (κ1) is 16.7. The fourth-order valence-electron chi connectivity index (χ4n) is 3.36. The number of aryl methyl sites for hydroxylation is 1. The van der Waals surface area contributed by atoms with Gasteiger partial charge in [-0.2, -0.15) is 0 Å². The van der Waals surface area contributed by atoms with Gasteiger partial charge in [-0.1, -0.05) is 13.0 Å². The molecule has 24 heavy (non-hydrogen) atoms. The highest BCUT2D eigenvalue weighted by Crippen LogP contribution is 2.37. The first-order valence-electron chi connectivity index (χ1n) is 8.47. The van der Waals surface area contributed by atoms with Gasteiger partial charge in [0.15, 0.2) is 17.3 Å². The summed E-state index contributed by atoms with van der Waals surface area (Å²) >= 11 is 0. The zero-order valence-electron chi connectivity index (χ0n) is 14.6. The topological polar surface area (TPSA) is 65.3 Å². The number of aromatic nitrogens is 4. The van der Waals surface area contributed by atoms with Crippen molar-refractivity contribution >= 4 is 0 Å². The Morgan fingerprint density at radius 1 is 1.21 bits per heavy atom. The molecular weight excluding hydrogens is 306 g/mol. The lowest BCUT2D eigenvalue weighted by molar-refractivity contribution is 0.236.